The van der Waals surface area contributed by atoms with Crippen molar-refractivity contribution < 1.29 is 4.79 Å². The summed E-state index contributed by atoms with van der Waals surface area (Å²) in [6, 6.07) is 12.2. The second kappa shape index (κ2) is 7.73. The summed E-state index contributed by atoms with van der Waals surface area (Å²) in [6.45, 7) is 3.14. The number of benzene rings is 1. The molecule has 0 radical (unpaired) electrons. The maximum atomic E-state index is 12.1. The van der Waals surface area contributed by atoms with Crippen LogP contribution >= 0.6 is 27.3 Å². The maximum absolute atomic E-state index is 12.1. The van der Waals surface area contributed by atoms with Gasteiger partial charge in [0.05, 0.1) is 12.6 Å². The number of halogens is 1. The van der Waals surface area contributed by atoms with Crippen LogP contribution in [0.5, 0.6) is 0 Å². The lowest BCUT2D eigenvalue weighted by atomic mass is 10.2. The zero-order valence-electron chi connectivity index (χ0n) is 12.2. The molecule has 1 N–H and O–H groups in total. The molecule has 0 fully saturated rings. The Morgan fingerprint density at radius 2 is 2.10 bits per heavy atom. The monoisotopic (exact) mass is 366 g/mol. The van der Waals surface area contributed by atoms with E-state index < -0.39 is 0 Å². The maximum Gasteiger partial charge on any atom is 0.234 e. The summed E-state index contributed by atoms with van der Waals surface area (Å²) in [5.74, 6) is 0.0467. The van der Waals surface area contributed by atoms with Crippen LogP contribution in [-0.2, 0) is 11.3 Å². The zero-order valence-corrected chi connectivity index (χ0v) is 14.6. The van der Waals surface area contributed by atoms with Crippen molar-refractivity contribution in [3.63, 3.8) is 0 Å². The van der Waals surface area contributed by atoms with Crippen molar-refractivity contribution >= 4 is 33.2 Å². The quantitative estimate of drug-likeness (QED) is 0.842. The van der Waals surface area contributed by atoms with Gasteiger partial charge in [-0.3, -0.25) is 9.69 Å². The Hall–Kier alpha value is -1.17. The zero-order chi connectivity index (χ0) is 15.2. The number of nitrogens with zero attached hydrogens (tertiary/aromatic N) is 1. The molecule has 21 heavy (non-hydrogen) atoms. The predicted molar refractivity (Wildman–Crippen MR) is 91.4 cm³/mol. The summed E-state index contributed by atoms with van der Waals surface area (Å²) < 4.78 is 1.07. The predicted octanol–water partition coefficient (Wildman–Crippen LogP) is 3.82. The van der Waals surface area contributed by atoms with Gasteiger partial charge in [0.25, 0.3) is 0 Å². The third-order valence-corrected chi connectivity index (χ3v) is 4.99. The molecule has 112 valence electrons. The van der Waals surface area contributed by atoms with Crippen molar-refractivity contribution in [1.29, 1.82) is 0 Å². The summed E-state index contributed by atoms with van der Waals surface area (Å²) in [4.78, 5) is 15.3. The Balaban J connectivity index is 1.83. The summed E-state index contributed by atoms with van der Waals surface area (Å²) >= 11 is 5.19. The van der Waals surface area contributed by atoms with E-state index >= 15 is 0 Å². The molecule has 0 aliphatic heterocycles. The highest BCUT2D eigenvalue weighted by Gasteiger charge is 2.13. The Morgan fingerprint density at radius 1 is 1.33 bits per heavy atom. The Bertz CT molecular complexity index is 586. The Labute approximate surface area is 138 Å². The number of amides is 1. The molecule has 1 aromatic heterocycles. The number of rotatable bonds is 6. The number of likely N-dealkylation sites (N-methyl/N-ethyl adjacent to an activating group) is 1. The van der Waals surface area contributed by atoms with Crippen LogP contribution in [0.3, 0.4) is 0 Å². The van der Waals surface area contributed by atoms with Gasteiger partial charge in [0.15, 0.2) is 0 Å². The molecule has 2 aromatic rings. The molecule has 2 rings (SSSR count). The number of thiophene rings is 1. The Kier molecular flexibility index (Phi) is 5.96. The highest BCUT2D eigenvalue weighted by Crippen LogP contribution is 2.19. The molecule has 3 nitrogen and oxygen atoms in total. The van der Waals surface area contributed by atoms with Gasteiger partial charge in [0.2, 0.25) is 5.91 Å². The summed E-state index contributed by atoms with van der Waals surface area (Å²) in [5.41, 5.74) is 1.18. The fraction of sp³-hybridized carbons (Fsp3) is 0.312. The molecule has 0 unspecified atom stereocenters. The Morgan fingerprint density at radius 3 is 2.76 bits per heavy atom. The average Bonchev–Trinajstić information content (AvgIpc) is 2.95. The van der Waals surface area contributed by atoms with E-state index in [0.717, 1.165) is 11.0 Å². The van der Waals surface area contributed by atoms with Crippen LogP contribution in [0, 0.1) is 0 Å². The van der Waals surface area contributed by atoms with Crippen molar-refractivity contribution in [2.24, 2.45) is 0 Å². The molecule has 0 spiro atoms. The molecule has 0 saturated heterocycles. The smallest absolute Gasteiger partial charge is 0.234 e. The molecule has 5 heteroatoms. The third-order valence-electron chi connectivity index (χ3n) is 3.16. The minimum absolute atomic E-state index is 0.0467. The summed E-state index contributed by atoms with van der Waals surface area (Å²) in [7, 11) is 1.95. The number of carbonyl (C=O) groups excluding carboxylic acids is 1. The van der Waals surface area contributed by atoms with Crippen LogP contribution in [-0.4, -0.2) is 24.4 Å². The SMILES string of the molecule is C[C@H](NC(=O)CN(C)Cc1ccccc1Br)c1cccs1. The molecule has 0 aliphatic rings. The van der Waals surface area contributed by atoms with Crippen LogP contribution < -0.4 is 5.32 Å². The number of nitrogens with one attached hydrogen (secondary N) is 1. The van der Waals surface area contributed by atoms with Gasteiger partial charge in [-0.15, -0.1) is 11.3 Å². The second-order valence-electron chi connectivity index (χ2n) is 5.07. The van der Waals surface area contributed by atoms with E-state index in [1.54, 1.807) is 11.3 Å². The summed E-state index contributed by atoms with van der Waals surface area (Å²) in [5, 5.41) is 5.06. The standard InChI is InChI=1S/C16H19BrN2OS/c1-12(15-8-5-9-21-15)18-16(20)11-19(2)10-13-6-3-4-7-14(13)17/h3-9,12H,10-11H2,1-2H3,(H,18,20)/t12-/m0/s1. The first-order chi connectivity index (χ1) is 10.1. The van der Waals surface area contributed by atoms with Gasteiger partial charge in [0, 0.05) is 15.9 Å². The number of hydrogen-bond donors (Lipinski definition) is 1. The lowest BCUT2D eigenvalue weighted by Gasteiger charge is -2.19. The van der Waals surface area contributed by atoms with Gasteiger partial charge in [-0.25, -0.2) is 0 Å². The van der Waals surface area contributed by atoms with E-state index in [0.29, 0.717) is 6.54 Å². The van der Waals surface area contributed by atoms with Crippen molar-refractivity contribution in [1.82, 2.24) is 10.2 Å². The lowest BCUT2D eigenvalue weighted by molar-refractivity contribution is -0.122. The second-order valence-corrected chi connectivity index (χ2v) is 6.90. The third kappa shape index (κ3) is 4.95. The van der Waals surface area contributed by atoms with E-state index in [1.807, 2.05) is 54.6 Å². The van der Waals surface area contributed by atoms with Gasteiger partial charge >= 0.3 is 0 Å². The van der Waals surface area contributed by atoms with E-state index in [-0.39, 0.29) is 11.9 Å². The highest BCUT2D eigenvalue weighted by molar-refractivity contribution is 9.10. The number of hydrogen-bond acceptors (Lipinski definition) is 3. The molecular formula is C16H19BrN2OS. The fourth-order valence-corrected chi connectivity index (χ4v) is 3.26. The van der Waals surface area contributed by atoms with Crippen LogP contribution in [0.25, 0.3) is 0 Å². The largest absolute Gasteiger partial charge is 0.348 e. The molecule has 1 aromatic carbocycles. The number of carbonyl (C=O) groups is 1. The first kappa shape index (κ1) is 16.2. The molecular weight excluding hydrogens is 348 g/mol. The summed E-state index contributed by atoms with van der Waals surface area (Å²) in [6.07, 6.45) is 0. The van der Waals surface area contributed by atoms with Crippen molar-refractivity contribution in [2.75, 3.05) is 13.6 Å². The van der Waals surface area contributed by atoms with Gasteiger partial charge in [-0.1, -0.05) is 40.2 Å². The first-order valence-corrected chi connectivity index (χ1v) is 8.48. The minimum atomic E-state index is 0.0467. The molecule has 1 amide bonds. The highest BCUT2D eigenvalue weighted by atomic mass is 79.9. The van der Waals surface area contributed by atoms with Crippen LogP contribution in [0.15, 0.2) is 46.3 Å². The van der Waals surface area contributed by atoms with Gasteiger partial charge in [-0.2, -0.15) is 0 Å². The van der Waals surface area contributed by atoms with Crippen LogP contribution in [0.2, 0.25) is 0 Å². The van der Waals surface area contributed by atoms with Gasteiger partial charge in [-0.05, 0) is 37.0 Å². The van der Waals surface area contributed by atoms with Crippen LogP contribution in [0.4, 0.5) is 0 Å². The van der Waals surface area contributed by atoms with Crippen LogP contribution in [0.1, 0.15) is 23.4 Å². The van der Waals surface area contributed by atoms with Gasteiger partial charge < -0.3 is 5.32 Å². The van der Waals surface area contributed by atoms with E-state index in [9.17, 15) is 4.79 Å². The average molecular weight is 367 g/mol. The van der Waals surface area contributed by atoms with E-state index in [2.05, 4.69) is 27.3 Å². The van der Waals surface area contributed by atoms with Crippen molar-refractivity contribution in [3.8, 4) is 0 Å². The van der Waals surface area contributed by atoms with E-state index in [1.165, 1.54) is 10.4 Å². The first-order valence-electron chi connectivity index (χ1n) is 6.81. The molecule has 0 saturated carbocycles. The molecule has 1 heterocycles. The molecule has 0 aliphatic carbocycles. The van der Waals surface area contributed by atoms with Gasteiger partial charge in [0.1, 0.15) is 0 Å². The molecule has 1 atom stereocenters. The van der Waals surface area contributed by atoms with Crippen molar-refractivity contribution in [3.05, 3.63) is 56.7 Å². The fourth-order valence-electron chi connectivity index (χ4n) is 2.11. The minimum Gasteiger partial charge on any atom is -0.348 e. The topological polar surface area (TPSA) is 32.3 Å². The molecule has 0 bridgehead atoms. The van der Waals surface area contributed by atoms with Crippen molar-refractivity contribution in [2.45, 2.75) is 19.5 Å². The lowest BCUT2D eigenvalue weighted by Crippen LogP contribution is -2.36. The van der Waals surface area contributed by atoms with E-state index in [4.69, 9.17) is 0 Å². The normalized spacial score (nSPS) is 12.4.